The number of nitrogens with one attached hydrogen (secondary N) is 1. The van der Waals surface area contributed by atoms with Crippen LogP contribution in [-0.2, 0) is 0 Å². The van der Waals surface area contributed by atoms with Crippen molar-refractivity contribution in [2.24, 2.45) is 0 Å². The van der Waals surface area contributed by atoms with Gasteiger partial charge in [-0.15, -0.1) is 0 Å². The fourth-order valence-electron chi connectivity index (χ4n) is 1.89. The first-order valence-electron chi connectivity index (χ1n) is 5.35. The Hall–Kier alpha value is -1.15. The fraction of sp³-hybridized carbons (Fsp3) is 0.385. The Morgan fingerprint density at radius 1 is 1.27 bits per heavy atom. The molecule has 0 saturated carbocycles. The van der Waals surface area contributed by atoms with Crippen LogP contribution in [0.15, 0.2) is 18.2 Å². The maximum atomic E-state index is 13.6. The van der Waals surface area contributed by atoms with E-state index >= 15 is 0 Å². The summed E-state index contributed by atoms with van der Waals surface area (Å²) in [6, 6.07) is 3.73. The van der Waals surface area contributed by atoms with Gasteiger partial charge in [-0.3, -0.25) is 0 Å². The molecular weight excluding hydrogens is 189 g/mol. The van der Waals surface area contributed by atoms with Crippen LogP contribution in [0.2, 0.25) is 0 Å². The maximum absolute atomic E-state index is 13.6. The third-order valence-corrected chi connectivity index (χ3v) is 3.04. The van der Waals surface area contributed by atoms with Gasteiger partial charge in [-0.25, -0.2) is 4.39 Å². The molecule has 1 N–H and O–H groups in total. The Kier molecular flexibility index (Phi) is 2.87. The first kappa shape index (κ1) is 10.4. The van der Waals surface area contributed by atoms with Crippen LogP contribution < -0.4 is 5.32 Å². The maximum Gasteiger partial charge on any atom is 0.126 e. The zero-order valence-electron chi connectivity index (χ0n) is 9.23. The topological polar surface area (TPSA) is 12.0 Å². The summed E-state index contributed by atoms with van der Waals surface area (Å²) in [5.74, 6) is -0.0931. The minimum absolute atomic E-state index is 0.0931. The summed E-state index contributed by atoms with van der Waals surface area (Å²) in [5.41, 5.74) is 4.09. The highest BCUT2D eigenvalue weighted by Gasteiger charge is 2.09. The van der Waals surface area contributed by atoms with Crippen molar-refractivity contribution in [2.75, 3.05) is 13.1 Å². The van der Waals surface area contributed by atoms with Crippen LogP contribution in [0.5, 0.6) is 0 Å². The molecule has 1 heterocycles. The highest BCUT2D eigenvalue weighted by atomic mass is 19.1. The quantitative estimate of drug-likeness (QED) is 0.743. The second kappa shape index (κ2) is 4.15. The number of rotatable bonds is 1. The summed E-state index contributed by atoms with van der Waals surface area (Å²) in [4.78, 5) is 0. The SMILES string of the molecule is Cc1cc(C2=CCNCC2)cc(F)c1C. The van der Waals surface area contributed by atoms with Crippen LogP contribution in [-0.4, -0.2) is 13.1 Å². The van der Waals surface area contributed by atoms with Crippen molar-refractivity contribution in [1.82, 2.24) is 5.32 Å². The second-order valence-electron chi connectivity index (χ2n) is 4.08. The van der Waals surface area contributed by atoms with Crippen LogP contribution in [0.25, 0.3) is 5.57 Å². The molecule has 1 nitrogen and oxygen atoms in total. The highest BCUT2D eigenvalue weighted by Crippen LogP contribution is 2.24. The first-order valence-corrected chi connectivity index (χ1v) is 5.35. The average Bonchev–Trinajstić information content (AvgIpc) is 2.26. The average molecular weight is 205 g/mol. The van der Waals surface area contributed by atoms with Gasteiger partial charge < -0.3 is 5.32 Å². The normalized spacial score (nSPS) is 16.3. The third-order valence-electron chi connectivity index (χ3n) is 3.04. The van der Waals surface area contributed by atoms with Gasteiger partial charge >= 0.3 is 0 Å². The van der Waals surface area contributed by atoms with Gasteiger partial charge in [0.25, 0.3) is 0 Å². The van der Waals surface area contributed by atoms with Gasteiger partial charge in [0.2, 0.25) is 0 Å². The number of benzene rings is 1. The molecule has 2 heteroatoms. The van der Waals surface area contributed by atoms with E-state index < -0.39 is 0 Å². The monoisotopic (exact) mass is 205 g/mol. The molecule has 0 atom stereocenters. The smallest absolute Gasteiger partial charge is 0.126 e. The molecule has 1 aliphatic rings. The number of hydrogen-bond donors (Lipinski definition) is 1. The lowest BCUT2D eigenvalue weighted by molar-refractivity contribution is 0.616. The Morgan fingerprint density at radius 2 is 2.07 bits per heavy atom. The standard InChI is InChI=1S/C13H16FN/c1-9-7-12(8-13(14)10(9)2)11-3-5-15-6-4-11/h3,7-8,15H,4-6H2,1-2H3. The zero-order valence-corrected chi connectivity index (χ0v) is 9.23. The van der Waals surface area contributed by atoms with E-state index in [1.165, 1.54) is 5.57 Å². The fourth-order valence-corrected chi connectivity index (χ4v) is 1.89. The van der Waals surface area contributed by atoms with Crippen molar-refractivity contribution in [2.45, 2.75) is 20.3 Å². The Labute approximate surface area is 90.0 Å². The van der Waals surface area contributed by atoms with E-state index in [-0.39, 0.29) is 5.82 Å². The summed E-state index contributed by atoms with van der Waals surface area (Å²) in [5, 5.41) is 3.25. The predicted molar refractivity (Wildman–Crippen MR) is 61.3 cm³/mol. The van der Waals surface area contributed by atoms with Gasteiger partial charge in [0.1, 0.15) is 5.82 Å². The summed E-state index contributed by atoms with van der Waals surface area (Å²) < 4.78 is 13.6. The summed E-state index contributed by atoms with van der Waals surface area (Å²) in [7, 11) is 0. The van der Waals surface area contributed by atoms with Crippen molar-refractivity contribution in [3.8, 4) is 0 Å². The molecule has 0 radical (unpaired) electrons. The van der Waals surface area contributed by atoms with Gasteiger partial charge in [0, 0.05) is 6.54 Å². The molecule has 1 aromatic rings. The molecule has 2 rings (SSSR count). The van der Waals surface area contributed by atoms with Crippen molar-refractivity contribution in [3.05, 3.63) is 40.7 Å². The molecule has 0 spiro atoms. The van der Waals surface area contributed by atoms with Gasteiger partial charge in [-0.2, -0.15) is 0 Å². The molecule has 0 bridgehead atoms. The summed E-state index contributed by atoms with van der Waals surface area (Å²) in [6.07, 6.45) is 3.13. The van der Waals surface area contributed by atoms with Crippen molar-refractivity contribution < 1.29 is 4.39 Å². The van der Waals surface area contributed by atoms with E-state index in [4.69, 9.17) is 0 Å². The largest absolute Gasteiger partial charge is 0.313 e. The predicted octanol–water partition coefficient (Wildman–Crippen LogP) is 2.82. The van der Waals surface area contributed by atoms with Crippen molar-refractivity contribution >= 4 is 5.57 Å². The first-order chi connectivity index (χ1) is 7.18. The molecule has 80 valence electrons. The zero-order chi connectivity index (χ0) is 10.8. The summed E-state index contributed by atoms with van der Waals surface area (Å²) >= 11 is 0. The molecular formula is C13H16FN. The molecule has 0 aliphatic carbocycles. The number of aryl methyl sites for hydroxylation is 1. The Morgan fingerprint density at radius 3 is 2.67 bits per heavy atom. The van der Waals surface area contributed by atoms with Gasteiger partial charge in [0.05, 0.1) is 0 Å². The van der Waals surface area contributed by atoms with Crippen LogP contribution in [0, 0.1) is 19.7 Å². The molecule has 0 saturated heterocycles. The highest BCUT2D eigenvalue weighted by molar-refractivity contribution is 5.67. The molecule has 15 heavy (non-hydrogen) atoms. The minimum Gasteiger partial charge on any atom is -0.313 e. The van der Waals surface area contributed by atoms with Gasteiger partial charge in [-0.05, 0) is 55.1 Å². The Bertz CT molecular complexity index is 384. The van der Waals surface area contributed by atoms with Crippen molar-refractivity contribution in [3.63, 3.8) is 0 Å². The van der Waals surface area contributed by atoms with Crippen LogP contribution in [0.3, 0.4) is 0 Å². The van der Waals surface area contributed by atoms with E-state index in [2.05, 4.69) is 17.5 Å². The molecule has 0 fully saturated rings. The summed E-state index contributed by atoms with van der Waals surface area (Å²) in [6.45, 7) is 5.67. The number of hydrogen-bond acceptors (Lipinski definition) is 1. The number of halogens is 1. The van der Waals surface area contributed by atoms with E-state index in [1.807, 2.05) is 13.8 Å². The Balaban J connectivity index is 2.40. The van der Waals surface area contributed by atoms with Crippen LogP contribution >= 0.6 is 0 Å². The van der Waals surface area contributed by atoms with E-state index in [1.54, 1.807) is 6.07 Å². The lowest BCUT2D eigenvalue weighted by Crippen LogP contribution is -2.20. The molecule has 0 unspecified atom stereocenters. The van der Waals surface area contributed by atoms with E-state index in [9.17, 15) is 4.39 Å². The van der Waals surface area contributed by atoms with Gasteiger partial charge in [-0.1, -0.05) is 12.1 Å². The lowest BCUT2D eigenvalue weighted by atomic mass is 9.96. The minimum atomic E-state index is -0.0931. The third kappa shape index (κ3) is 2.10. The lowest BCUT2D eigenvalue weighted by Gasteiger charge is -2.15. The second-order valence-corrected chi connectivity index (χ2v) is 4.08. The van der Waals surface area contributed by atoms with Crippen molar-refractivity contribution in [1.29, 1.82) is 0 Å². The molecule has 0 amide bonds. The van der Waals surface area contributed by atoms with Crippen LogP contribution in [0.1, 0.15) is 23.1 Å². The molecule has 1 aliphatic heterocycles. The van der Waals surface area contributed by atoms with Gasteiger partial charge in [0.15, 0.2) is 0 Å². The molecule has 1 aromatic carbocycles. The van der Waals surface area contributed by atoms with E-state index in [0.717, 1.165) is 36.2 Å². The van der Waals surface area contributed by atoms with Crippen LogP contribution in [0.4, 0.5) is 4.39 Å². The van der Waals surface area contributed by atoms with E-state index in [0.29, 0.717) is 0 Å². The molecule has 0 aromatic heterocycles.